The van der Waals surface area contributed by atoms with Gasteiger partial charge in [-0.2, -0.15) is 0 Å². The molecule has 1 heterocycles. The van der Waals surface area contributed by atoms with Crippen LogP contribution in [0.15, 0.2) is 47.3 Å². The lowest BCUT2D eigenvalue weighted by molar-refractivity contribution is 0.176. The SMILES string of the molecule is CCC(c1nc2ccccc2c(=O)n1-c1ccc(C)cc1C)N(C)C(=O)NC(C)(C)C. The third-order valence-corrected chi connectivity index (χ3v) is 5.35. The van der Waals surface area contributed by atoms with Crippen LogP contribution in [0.2, 0.25) is 0 Å². The third kappa shape index (κ3) is 4.63. The number of amides is 2. The van der Waals surface area contributed by atoms with E-state index in [1.165, 1.54) is 0 Å². The molecule has 0 fully saturated rings. The maximum atomic E-state index is 13.6. The average Bonchev–Trinajstić information content (AvgIpc) is 2.68. The van der Waals surface area contributed by atoms with Crippen LogP contribution < -0.4 is 10.9 Å². The van der Waals surface area contributed by atoms with Gasteiger partial charge >= 0.3 is 6.03 Å². The van der Waals surface area contributed by atoms with Gasteiger partial charge in [-0.1, -0.05) is 36.8 Å². The molecule has 1 aromatic heterocycles. The Labute approximate surface area is 183 Å². The van der Waals surface area contributed by atoms with Gasteiger partial charge in [0.2, 0.25) is 0 Å². The van der Waals surface area contributed by atoms with Gasteiger partial charge in [0.25, 0.3) is 5.56 Å². The monoisotopic (exact) mass is 420 g/mol. The summed E-state index contributed by atoms with van der Waals surface area (Å²) in [4.78, 5) is 33.1. The van der Waals surface area contributed by atoms with Gasteiger partial charge in [0, 0.05) is 12.6 Å². The van der Waals surface area contributed by atoms with Crippen molar-refractivity contribution in [2.24, 2.45) is 0 Å². The molecule has 1 N–H and O–H groups in total. The highest BCUT2D eigenvalue weighted by Crippen LogP contribution is 2.26. The highest BCUT2D eigenvalue weighted by atomic mass is 16.2. The van der Waals surface area contributed by atoms with Crippen molar-refractivity contribution in [3.8, 4) is 5.69 Å². The molecule has 2 amide bonds. The van der Waals surface area contributed by atoms with Crippen molar-refractivity contribution in [3.05, 3.63) is 69.8 Å². The minimum Gasteiger partial charge on any atom is -0.333 e. The van der Waals surface area contributed by atoms with Gasteiger partial charge in [0.05, 0.1) is 22.6 Å². The number of nitrogens with zero attached hydrogens (tertiary/aromatic N) is 3. The number of hydrogen-bond acceptors (Lipinski definition) is 3. The van der Waals surface area contributed by atoms with Crippen molar-refractivity contribution < 1.29 is 4.79 Å². The Morgan fingerprint density at radius 3 is 2.45 bits per heavy atom. The van der Waals surface area contributed by atoms with Gasteiger partial charge in [0.15, 0.2) is 0 Å². The van der Waals surface area contributed by atoms with E-state index in [0.29, 0.717) is 23.1 Å². The molecule has 0 aliphatic heterocycles. The summed E-state index contributed by atoms with van der Waals surface area (Å²) in [6.45, 7) is 11.8. The number of nitrogens with one attached hydrogen (secondary N) is 1. The molecule has 0 saturated carbocycles. The molecule has 0 bridgehead atoms. The van der Waals surface area contributed by atoms with E-state index in [1.807, 2.05) is 71.9 Å². The van der Waals surface area contributed by atoms with Crippen molar-refractivity contribution in [2.75, 3.05) is 7.05 Å². The standard InChI is InChI=1S/C25H32N4O2/c1-8-20(28(7)24(31)27-25(4,5)6)22-26-19-12-10-9-11-18(19)23(30)29(22)21-14-13-16(2)15-17(21)3/h9-15,20H,8H2,1-7H3,(H,27,31). The third-order valence-electron chi connectivity index (χ3n) is 5.35. The Bertz CT molecular complexity index is 1170. The van der Waals surface area contributed by atoms with Crippen LogP contribution in [0, 0.1) is 13.8 Å². The van der Waals surface area contributed by atoms with Gasteiger partial charge < -0.3 is 10.2 Å². The number of aromatic nitrogens is 2. The first kappa shape index (κ1) is 22.5. The zero-order valence-corrected chi connectivity index (χ0v) is 19.5. The maximum absolute atomic E-state index is 13.6. The van der Waals surface area contributed by atoms with E-state index in [-0.39, 0.29) is 23.2 Å². The lowest BCUT2D eigenvalue weighted by atomic mass is 10.1. The molecule has 0 aliphatic rings. The number of hydrogen-bond donors (Lipinski definition) is 1. The van der Waals surface area contributed by atoms with Crippen LogP contribution in [0.4, 0.5) is 4.79 Å². The minimum atomic E-state index is -0.375. The number of urea groups is 1. The molecule has 2 aromatic carbocycles. The van der Waals surface area contributed by atoms with Crippen molar-refractivity contribution in [1.29, 1.82) is 0 Å². The summed E-state index contributed by atoms with van der Waals surface area (Å²) in [7, 11) is 1.75. The minimum absolute atomic E-state index is 0.129. The van der Waals surface area contributed by atoms with E-state index in [0.717, 1.165) is 16.8 Å². The normalized spacial score (nSPS) is 12.6. The Morgan fingerprint density at radius 2 is 1.84 bits per heavy atom. The smallest absolute Gasteiger partial charge is 0.318 e. The zero-order valence-electron chi connectivity index (χ0n) is 19.5. The van der Waals surface area contributed by atoms with Crippen LogP contribution in [0.5, 0.6) is 0 Å². The van der Waals surface area contributed by atoms with Gasteiger partial charge in [-0.15, -0.1) is 0 Å². The molecule has 31 heavy (non-hydrogen) atoms. The lowest BCUT2D eigenvalue weighted by Gasteiger charge is -2.32. The Balaban J connectivity index is 2.27. The summed E-state index contributed by atoms with van der Waals surface area (Å²) in [6, 6.07) is 12.8. The van der Waals surface area contributed by atoms with Crippen LogP contribution in [0.3, 0.4) is 0 Å². The van der Waals surface area contributed by atoms with Crippen LogP contribution in [-0.4, -0.2) is 33.1 Å². The number of para-hydroxylation sites is 1. The molecule has 3 rings (SSSR count). The predicted octanol–water partition coefficient (Wildman–Crippen LogP) is 4.89. The summed E-state index contributed by atoms with van der Waals surface area (Å²) in [6.07, 6.45) is 0.615. The van der Waals surface area contributed by atoms with E-state index in [9.17, 15) is 9.59 Å². The molecule has 6 nitrogen and oxygen atoms in total. The van der Waals surface area contributed by atoms with E-state index >= 15 is 0 Å². The predicted molar refractivity (Wildman–Crippen MR) is 126 cm³/mol. The summed E-state index contributed by atoms with van der Waals surface area (Å²) in [5.41, 5.74) is 3.03. The second-order valence-electron chi connectivity index (χ2n) is 9.13. The summed E-state index contributed by atoms with van der Waals surface area (Å²) >= 11 is 0. The molecule has 1 unspecified atom stereocenters. The molecule has 164 valence electrons. The Kier molecular flexibility index (Phi) is 6.20. The number of carbonyl (C=O) groups excluding carboxylic acids is 1. The van der Waals surface area contributed by atoms with E-state index < -0.39 is 0 Å². The first-order chi connectivity index (χ1) is 14.5. The fourth-order valence-electron chi connectivity index (χ4n) is 3.84. The quantitative estimate of drug-likeness (QED) is 0.653. The summed E-state index contributed by atoms with van der Waals surface area (Å²) in [5, 5.41) is 3.56. The van der Waals surface area contributed by atoms with Crippen molar-refractivity contribution in [3.63, 3.8) is 0 Å². The topological polar surface area (TPSA) is 67.2 Å². The molecule has 1 atom stereocenters. The number of fused-ring (bicyclic) bond motifs is 1. The number of carbonyl (C=O) groups is 1. The van der Waals surface area contributed by atoms with Crippen molar-refractivity contribution in [2.45, 2.75) is 59.5 Å². The van der Waals surface area contributed by atoms with E-state index in [1.54, 1.807) is 22.6 Å². The molecular formula is C25H32N4O2. The molecule has 6 heteroatoms. The molecule has 0 spiro atoms. The summed E-state index contributed by atoms with van der Waals surface area (Å²) in [5.74, 6) is 0.560. The fourth-order valence-corrected chi connectivity index (χ4v) is 3.84. The van der Waals surface area contributed by atoms with Crippen LogP contribution in [0.1, 0.15) is 57.1 Å². The Morgan fingerprint density at radius 1 is 1.16 bits per heavy atom. The largest absolute Gasteiger partial charge is 0.333 e. The number of benzene rings is 2. The van der Waals surface area contributed by atoms with Crippen molar-refractivity contribution >= 4 is 16.9 Å². The lowest BCUT2D eigenvalue weighted by Crippen LogP contribution is -2.48. The van der Waals surface area contributed by atoms with E-state index in [2.05, 4.69) is 11.4 Å². The van der Waals surface area contributed by atoms with Gasteiger partial charge in [-0.3, -0.25) is 9.36 Å². The average molecular weight is 421 g/mol. The highest BCUT2D eigenvalue weighted by Gasteiger charge is 2.28. The van der Waals surface area contributed by atoms with Gasteiger partial charge in [-0.05, 0) is 64.8 Å². The first-order valence-electron chi connectivity index (χ1n) is 10.7. The van der Waals surface area contributed by atoms with Gasteiger partial charge in [0.1, 0.15) is 5.82 Å². The zero-order chi connectivity index (χ0) is 22.9. The highest BCUT2D eigenvalue weighted by molar-refractivity contribution is 5.78. The second-order valence-corrected chi connectivity index (χ2v) is 9.13. The maximum Gasteiger partial charge on any atom is 0.318 e. The molecule has 0 saturated heterocycles. The van der Waals surface area contributed by atoms with Gasteiger partial charge in [-0.25, -0.2) is 9.78 Å². The number of rotatable bonds is 4. The molecule has 0 radical (unpaired) electrons. The van der Waals surface area contributed by atoms with Crippen LogP contribution in [0.25, 0.3) is 16.6 Å². The number of aryl methyl sites for hydroxylation is 2. The molecular weight excluding hydrogens is 388 g/mol. The van der Waals surface area contributed by atoms with E-state index in [4.69, 9.17) is 4.98 Å². The fraction of sp³-hybridized carbons (Fsp3) is 0.400. The summed E-state index contributed by atoms with van der Waals surface area (Å²) < 4.78 is 1.67. The Hall–Kier alpha value is -3.15. The van der Waals surface area contributed by atoms with Crippen molar-refractivity contribution in [1.82, 2.24) is 19.8 Å². The molecule has 3 aromatic rings. The van der Waals surface area contributed by atoms with Crippen LogP contribution >= 0.6 is 0 Å². The second kappa shape index (κ2) is 8.53. The van der Waals surface area contributed by atoms with Crippen LogP contribution in [-0.2, 0) is 0 Å². The first-order valence-corrected chi connectivity index (χ1v) is 10.7. The molecule has 0 aliphatic carbocycles.